The molecule has 2 aromatic carbocycles. The van der Waals surface area contributed by atoms with Gasteiger partial charge in [-0.05, 0) is 37.4 Å². The summed E-state index contributed by atoms with van der Waals surface area (Å²) in [7, 11) is -2.59. The number of carbonyl (C=O) groups excluding carboxylic acids is 1. The van der Waals surface area contributed by atoms with E-state index in [2.05, 4.69) is 15.5 Å². The molecule has 0 bridgehead atoms. The molecule has 0 saturated heterocycles. The Hall–Kier alpha value is -2.63. The number of ether oxygens (including phenoxy) is 1. The summed E-state index contributed by atoms with van der Waals surface area (Å²) in [6, 6.07) is 13.1. The summed E-state index contributed by atoms with van der Waals surface area (Å²) in [6.07, 6.45) is 1.85. The van der Waals surface area contributed by atoms with Gasteiger partial charge in [-0.25, -0.2) is 8.42 Å². The van der Waals surface area contributed by atoms with Crippen molar-refractivity contribution < 1.29 is 17.9 Å². The van der Waals surface area contributed by atoms with Crippen molar-refractivity contribution in [2.75, 3.05) is 29.5 Å². The number of anilines is 2. The van der Waals surface area contributed by atoms with Crippen LogP contribution in [0.2, 0.25) is 0 Å². The van der Waals surface area contributed by atoms with E-state index < -0.39 is 22.5 Å². The minimum Gasteiger partial charge on any atom is -0.495 e. The second-order valence-electron chi connectivity index (χ2n) is 6.12. The second kappa shape index (κ2) is 9.45. The molecule has 1 aromatic heterocycles. The van der Waals surface area contributed by atoms with Crippen LogP contribution in [0.3, 0.4) is 0 Å². The number of thioether (sulfide) groups is 1. The Morgan fingerprint density at radius 1 is 1.17 bits per heavy atom. The first-order valence-electron chi connectivity index (χ1n) is 8.75. The number of para-hydroxylation sites is 2. The van der Waals surface area contributed by atoms with E-state index in [1.807, 2.05) is 13.2 Å². The normalized spacial score (nSPS) is 11.2. The van der Waals surface area contributed by atoms with Crippen molar-refractivity contribution in [3.63, 3.8) is 0 Å². The molecule has 0 radical (unpaired) electrons. The Balaban J connectivity index is 1.97. The van der Waals surface area contributed by atoms with Crippen LogP contribution in [0.1, 0.15) is 5.56 Å². The van der Waals surface area contributed by atoms with Crippen molar-refractivity contribution >= 4 is 49.8 Å². The average Bonchev–Trinajstić information content (AvgIpc) is 3.19. The summed E-state index contributed by atoms with van der Waals surface area (Å²) in [4.78, 5) is 12.8. The number of nitrogens with one attached hydrogen (secondary N) is 1. The topological polar surface area (TPSA) is 101 Å². The molecule has 0 spiro atoms. The minimum atomic E-state index is -4.03. The van der Waals surface area contributed by atoms with Crippen LogP contribution in [0.4, 0.5) is 10.8 Å². The summed E-state index contributed by atoms with van der Waals surface area (Å²) in [6.45, 7) is 1.41. The zero-order valence-electron chi connectivity index (χ0n) is 16.5. The van der Waals surface area contributed by atoms with Crippen LogP contribution in [0, 0.1) is 6.92 Å². The van der Waals surface area contributed by atoms with Crippen molar-refractivity contribution in [3.8, 4) is 5.75 Å². The highest BCUT2D eigenvalue weighted by molar-refractivity contribution is 8.00. The van der Waals surface area contributed by atoms with Crippen LogP contribution in [0.15, 0.2) is 57.8 Å². The van der Waals surface area contributed by atoms with Crippen LogP contribution in [-0.4, -0.2) is 44.4 Å². The van der Waals surface area contributed by atoms with E-state index in [4.69, 9.17) is 4.74 Å². The van der Waals surface area contributed by atoms with Crippen LogP contribution >= 0.6 is 23.1 Å². The largest absolute Gasteiger partial charge is 0.495 e. The third-order valence-electron chi connectivity index (χ3n) is 4.08. The van der Waals surface area contributed by atoms with Gasteiger partial charge in [0.05, 0.1) is 17.7 Å². The minimum absolute atomic E-state index is 0.0763. The molecule has 0 atom stereocenters. The highest BCUT2D eigenvalue weighted by Crippen LogP contribution is 2.32. The number of rotatable bonds is 8. The van der Waals surface area contributed by atoms with Crippen molar-refractivity contribution in [2.45, 2.75) is 16.2 Å². The molecule has 8 nitrogen and oxygen atoms in total. The molecule has 3 rings (SSSR count). The molecule has 11 heteroatoms. The molecule has 0 aliphatic carbocycles. The van der Waals surface area contributed by atoms with Crippen LogP contribution in [0.5, 0.6) is 5.75 Å². The summed E-state index contributed by atoms with van der Waals surface area (Å²) in [5, 5.41) is 10.7. The maximum absolute atomic E-state index is 13.4. The van der Waals surface area contributed by atoms with E-state index in [0.29, 0.717) is 15.2 Å². The standard InChI is InChI=1S/C19H20N4O4S3/c1-13-8-10-14(11-9-13)30(25,26)23(15-6-4-5-7-16(15)27-2)12-17(24)20-18-21-22-19(28-3)29-18/h4-11H,12H2,1-3H3,(H,20,21,24). The predicted molar refractivity (Wildman–Crippen MR) is 119 cm³/mol. The molecular weight excluding hydrogens is 444 g/mol. The maximum Gasteiger partial charge on any atom is 0.264 e. The Kier molecular flexibility index (Phi) is 6.95. The molecule has 1 heterocycles. The maximum atomic E-state index is 13.4. The molecule has 0 fully saturated rings. The monoisotopic (exact) mass is 464 g/mol. The van der Waals surface area contributed by atoms with E-state index in [1.165, 1.54) is 42.3 Å². The Morgan fingerprint density at radius 3 is 2.50 bits per heavy atom. The van der Waals surface area contributed by atoms with E-state index in [1.54, 1.807) is 36.4 Å². The van der Waals surface area contributed by atoms with Gasteiger partial charge < -0.3 is 4.74 Å². The molecule has 1 N–H and O–H groups in total. The number of benzene rings is 2. The number of aryl methyl sites for hydroxylation is 1. The third kappa shape index (κ3) is 4.91. The van der Waals surface area contributed by atoms with E-state index >= 15 is 0 Å². The first-order chi connectivity index (χ1) is 14.3. The molecule has 0 unspecified atom stereocenters. The Morgan fingerprint density at radius 2 is 1.87 bits per heavy atom. The number of aromatic nitrogens is 2. The van der Waals surface area contributed by atoms with Gasteiger partial charge in [0.2, 0.25) is 11.0 Å². The Labute approximate surface area is 183 Å². The van der Waals surface area contributed by atoms with Gasteiger partial charge in [-0.15, -0.1) is 10.2 Å². The lowest BCUT2D eigenvalue weighted by Crippen LogP contribution is -2.38. The van der Waals surface area contributed by atoms with Gasteiger partial charge in [0.1, 0.15) is 12.3 Å². The molecule has 1 amide bonds. The van der Waals surface area contributed by atoms with Crippen LogP contribution in [-0.2, 0) is 14.8 Å². The lowest BCUT2D eigenvalue weighted by Gasteiger charge is -2.25. The molecule has 30 heavy (non-hydrogen) atoms. The number of amides is 1. The van der Waals surface area contributed by atoms with Gasteiger partial charge >= 0.3 is 0 Å². The summed E-state index contributed by atoms with van der Waals surface area (Å²) in [5.74, 6) is -0.207. The second-order valence-corrected chi connectivity index (χ2v) is 10.0. The van der Waals surface area contributed by atoms with Gasteiger partial charge in [-0.2, -0.15) is 0 Å². The fraction of sp³-hybridized carbons (Fsp3) is 0.211. The molecule has 158 valence electrons. The van der Waals surface area contributed by atoms with Crippen molar-refractivity contribution in [2.24, 2.45) is 0 Å². The lowest BCUT2D eigenvalue weighted by molar-refractivity contribution is -0.114. The highest BCUT2D eigenvalue weighted by Gasteiger charge is 2.29. The quantitative estimate of drug-likeness (QED) is 0.403. The molecular formula is C19H20N4O4S3. The van der Waals surface area contributed by atoms with Crippen LogP contribution in [0.25, 0.3) is 0 Å². The third-order valence-corrected chi connectivity index (χ3v) is 7.67. The van der Waals surface area contributed by atoms with Gasteiger partial charge in [-0.1, -0.05) is 52.9 Å². The fourth-order valence-corrected chi connectivity index (χ4v) is 5.22. The first kappa shape index (κ1) is 22.1. The zero-order chi connectivity index (χ0) is 21.7. The molecule has 0 aliphatic heterocycles. The fourth-order valence-electron chi connectivity index (χ4n) is 2.60. The van der Waals surface area contributed by atoms with E-state index in [0.717, 1.165) is 9.87 Å². The molecule has 3 aromatic rings. The number of nitrogens with zero attached hydrogens (tertiary/aromatic N) is 3. The van der Waals surface area contributed by atoms with E-state index in [9.17, 15) is 13.2 Å². The number of hydrogen-bond donors (Lipinski definition) is 1. The lowest BCUT2D eigenvalue weighted by atomic mass is 10.2. The van der Waals surface area contributed by atoms with Crippen molar-refractivity contribution in [1.29, 1.82) is 0 Å². The van der Waals surface area contributed by atoms with Gasteiger partial charge in [0.15, 0.2) is 4.34 Å². The summed E-state index contributed by atoms with van der Waals surface area (Å²) >= 11 is 2.62. The van der Waals surface area contributed by atoms with Gasteiger partial charge in [-0.3, -0.25) is 14.4 Å². The summed E-state index contributed by atoms with van der Waals surface area (Å²) < 4.78 is 33.9. The molecule has 0 saturated carbocycles. The number of sulfonamides is 1. The van der Waals surface area contributed by atoms with Crippen molar-refractivity contribution in [1.82, 2.24) is 10.2 Å². The highest BCUT2D eigenvalue weighted by atomic mass is 32.2. The smallest absolute Gasteiger partial charge is 0.264 e. The number of methoxy groups -OCH3 is 1. The first-order valence-corrected chi connectivity index (χ1v) is 12.2. The van der Waals surface area contributed by atoms with Gasteiger partial charge in [0, 0.05) is 0 Å². The predicted octanol–water partition coefficient (Wildman–Crippen LogP) is 3.41. The van der Waals surface area contributed by atoms with Crippen LogP contribution < -0.4 is 14.4 Å². The number of hydrogen-bond acceptors (Lipinski definition) is 8. The zero-order valence-corrected chi connectivity index (χ0v) is 19.0. The molecule has 0 aliphatic rings. The Bertz CT molecular complexity index is 1130. The van der Waals surface area contributed by atoms with Crippen molar-refractivity contribution in [3.05, 3.63) is 54.1 Å². The number of carbonyl (C=O) groups is 1. The van der Waals surface area contributed by atoms with Gasteiger partial charge in [0.25, 0.3) is 10.0 Å². The van der Waals surface area contributed by atoms with E-state index in [-0.39, 0.29) is 10.6 Å². The average molecular weight is 465 g/mol. The SMILES string of the molecule is COc1ccccc1N(CC(=O)Nc1nnc(SC)s1)S(=O)(=O)c1ccc(C)cc1. The summed E-state index contributed by atoms with van der Waals surface area (Å²) in [5.41, 5.74) is 1.19.